The van der Waals surface area contributed by atoms with Gasteiger partial charge >= 0.3 is 0 Å². The molecule has 1 amide bonds. The number of rotatable bonds is 4. The Morgan fingerprint density at radius 3 is 2.47 bits per heavy atom. The Bertz CT molecular complexity index is 639. The fraction of sp³-hybridized carbons (Fsp3) is 0.167. The summed E-state index contributed by atoms with van der Waals surface area (Å²) in [6.07, 6.45) is 1.73. The van der Waals surface area contributed by atoms with Gasteiger partial charge in [-0.1, -0.05) is 0 Å². The summed E-state index contributed by atoms with van der Waals surface area (Å²) in [5, 5.41) is 19.9. The van der Waals surface area contributed by atoms with Crippen LogP contribution in [0.25, 0.3) is 0 Å². The Morgan fingerprint density at radius 1 is 1.42 bits per heavy atom. The molecule has 0 atom stereocenters. The normalized spacial score (nSPS) is 11.7. The molecule has 2 N–H and O–H groups in total. The predicted octanol–water partition coefficient (Wildman–Crippen LogP) is 1.38. The minimum absolute atomic E-state index is 0.147. The second-order valence-electron chi connectivity index (χ2n) is 3.76. The SMILES string of the molecule is CS(=O)(=O)c1ccc(NC(=O)/C=C(/O)CC#N)cc1. The first-order valence-electron chi connectivity index (χ1n) is 5.20. The molecule has 0 saturated heterocycles. The molecule has 7 heteroatoms. The zero-order valence-corrected chi connectivity index (χ0v) is 10.9. The van der Waals surface area contributed by atoms with Gasteiger partial charge in [0.2, 0.25) is 0 Å². The fourth-order valence-corrected chi connectivity index (χ4v) is 1.88. The van der Waals surface area contributed by atoms with E-state index < -0.39 is 15.7 Å². The van der Waals surface area contributed by atoms with Gasteiger partial charge in [0.1, 0.15) is 5.76 Å². The van der Waals surface area contributed by atoms with E-state index in [1.807, 2.05) is 0 Å². The number of carbonyl (C=O) groups excluding carboxylic acids is 1. The van der Waals surface area contributed by atoms with Crippen LogP contribution in [0.15, 0.2) is 41.0 Å². The van der Waals surface area contributed by atoms with Crippen LogP contribution < -0.4 is 5.32 Å². The summed E-state index contributed by atoms with van der Waals surface area (Å²) in [4.78, 5) is 11.6. The molecule has 1 rings (SSSR count). The lowest BCUT2D eigenvalue weighted by atomic mass is 10.3. The molecule has 1 aromatic carbocycles. The summed E-state index contributed by atoms with van der Waals surface area (Å²) in [5.41, 5.74) is 0.387. The van der Waals surface area contributed by atoms with Gasteiger partial charge in [-0.05, 0) is 24.3 Å². The van der Waals surface area contributed by atoms with Crippen molar-refractivity contribution < 1.29 is 18.3 Å². The number of sulfone groups is 1. The summed E-state index contributed by atoms with van der Waals surface area (Å²) in [6, 6.07) is 7.29. The monoisotopic (exact) mass is 280 g/mol. The topological polar surface area (TPSA) is 107 Å². The minimum Gasteiger partial charge on any atom is -0.511 e. The molecular weight excluding hydrogens is 268 g/mol. The average molecular weight is 280 g/mol. The van der Waals surface area contributed by atoms with Crippen LogP contribution in [0.1, 0.15) is 6.42 Å². The number of aliphatic hydroxyl groups is 1. The molecular formula is C12H12N2O4S. The Balaban J connectivity index is 2.77. The maximum Gasteiger partial charge on any atom is 0.251 e. The van der Waals surface area contributed by atoms with E-state index in [0.717, 1.165) is 12.3 Å². The number of nitrogens with one attached hydrogen (secondary N) is 1. The van der Waals surface area contributed by atoms with Gasteiger partial charge in [-0.3, -0.25) is 4.79 Å². The highest BCUT2D eigenvalue weighted by atomic mass is 32.2. The van der Waals surface area contributed by atoms with Gasteiger partial charge in [-0.15, -0.1) is 0 Å². The molecule has 0 bridgehead atoms. The van der Waals surface area contributed by atoms with Crippen LogP contribution in [0.2, 0.25) is 0 Å². The van der Waals surface area contributed by atoms with E-state index in [1.165, 1.54) is 24.3 Å². The highest BCUT2D eigenvalue weighted by Gasteiger charge is 2.07. The summed E-state index contributed by atoms with van der Waals surface area (Å²) in [7, 11) is -3.28. The number of nitriles is 1. The van der Waals surface area contributed by atoms with Gasteiger partial charge in [-0.25, -0.2) is 8.42 Å². The average Bonchev–Trinajstić information content (AvgIpc) is 2.28. The van der Waals surface area contributed by atoms with Crippen molar-refractivity contribution in [3.05, 3.63) is 36.1 Å². The lowest BCUT2D eigenvalue weighted by Gasteiger charge is -2.03. The van der Waals surface area contributed by atoms with Crippen molar-refractivity contribution in [1.29, 1.82) is 5.26 Å². The van der Waals surface area contributed by atoms with Crippen molar-refractivity contribution in [2.75, 3.05) is 11.6 Å². The molecule has 0 heterocycles. The second kappa shape index (κ2) is 6.02. The first kappa shape index (κ1) is 14.7. The third kappa shape index (κ3) is 4.81. The molecule has 0 saturated carbocycles. The van der Waals surface area contributed by atoms with E-state index >= 15 is 0 Å². The third-order valence-electron chi connectivity index (χ3n) is 2.11. The van der Waals surface area contributed by atoms with Crippen LogP contribution >= 0.6 is 0 Å². The fourth-order valence-electron chi connectivity index (χ4n) is 1.25. The van der Waals surface area contributed by atoms with Gasteiger partial charge in [0, 0.05) is 18.0 Å². The van der Waals surface area contributed by atoms with E-state index in [0.29, 0.717) is 5.69 Å². The summed E-state index contributed by atoms with van der Waals surface area (Å²) < 4.78 is 22.4. The van der Waals surface area contributed by atoms with Gasteiger partial charge in [0.05, 0.1) is 17.4 Å². The van der Waals surface area contributed by atoms with Gasteiger partial charge < -0.3 is 10.4 Å². The molecule has 100 valence electrons. The Labute approximate surface area is 110 Å². The van der Waals surface area contributed by atoms with Crippen molar-refractivity contribution in [1.82, 2.24) is 0 Å². The van der Waals surface area contributed by atoms with E-state index in [9.17, 15) is 13.2 Å². The zero-order valence-electron chi connectivity index (χ0n) is 10.1. The quantitative estimate of drug-likeness (QED) is 0.640. The highest BCUT2D eigenvalue weighted by Crippen LogP contribution is 2.13. The van der Waals surface area contributed by atoms with Crippen LogP contribution in [0, 0.1) is 11.3 Å². The number of anilines is 1. The lowest BCUT2D eigenvalue weighted by molar-refractivity contribution is -0.112. The standard InChI is InChI=1S/C12H12N2O4S/c1-19(17,18)11-4-2-9(3-5-11)14-12(16)8-10(15)6-7-13/h2-5,8,15H,6H2,1H3,(H,14,16)/b10-8+. The Morgan fingerprint density at radius 2 is 2.00 bits per heavy atom. The molecule has 6 nitrogen and oxygen atoms in total. The van der Waals surface area contributed by atoms with E-state index in [1.54, 1.807) is 6.07 Å². The first-order chi connectivity index (χ1) is 8.82. The van der Waals surface area contributed by atoms with Crippen molar-refractivity contribution in [3.8, 4) is 6.07 Å². The Kier molecular flexibility index (Phi) is 4.67. The first-order valence-corrected chi connectivity index (χ1v) is 7.09. The highest BCUT2D eigenvalue weighted by molar-refractivity contribution is 7.90. The molecule has 0 unspecified atom stereocenters. The van der Waals surface area contributed by atoms with Crippen LogP contribution in [0.3, 0.4) is 0 Å². The molecule has 0 radical (unpaired) electrons. The molecule has 0 fully saturated rings. The number of amides is 1. The summed E-state index contributed by atoms with van der Waals surface area (Å²) in [6.45, 7) is 0. The molecule has 0 aliphatic heterocycles. The van der Waals surface area contributed by atoms with Crippen molar-refractivity contribution >= 4 is 21.4 Å². The number of carbonyl (C=O) groups is 1. The lowest BCUT2D eigenvalue weighted by Crippen LogP contribution is -2.09. The van der Waals surface area contributed by atoms with Crippen molar-refractivity contribution in [3.63, 3.8) is 0 Å². The van der Waals surface area contributed by atoms with Crippen molar-refractivity contribution in [2.24, 2.45) is 0 Å². The van der Waals surface area contributed by atoms with Gasteiger partial charge in [0.25, 0.3) is 5.91 Å². The van der Waals surface area contributed by atoms with Crippen LogP contribution in [0.5, 0.6) is 0 Å². The summed E-state index contributed by atoms with van der Waals surface area (Å²) >= 11 is 0. The molecule has 19 heavy (non-hydrogen) atoms. The smallest absolute Gasteiger partial charge is 0.251 e. The van der Waals surface area contributed by atoms with Gasteiger partial charge in [-0.2, -0.15) is 5.26 Å². The maximum absolute atomic E-state index is 11.4. The predicted molar refractivity (Wildman–Crippen MR) is 69.1 cm³/mol. The number of allylic oxidation sites excluding steroid dienone is 1. The van der Waals surface area contributed by atoms with Crippen LogP contribution in [-0.2, 0) is 14.6 Å². The van der Waals surface area contributed by atoms with E-state index in [4.69, 9.17) is 10.4 Å². The molecule has 0 aromatic heterocycles. The molecule has 0 aliphatic carbocycles. The zero-order chi connectivity index (χ0) is 14.5. The van der Waals surface area contributed by atoms with Crippen molar-refractivity contribution in [2.45, 2.75) is 11.3 Å². The number of hydrogen-bond acceptors (Lipinski definition) is 5. The van der Waals surface area contributed by atoms with E-state index in [-0.39, 0.29) is 17.1 Å². The largest absolute Gasteiger partial charge is 0.511 e. The molecule has 1 aromatic rings. The minimum atomic E-state index is -3.28. The number of nitrogens with zero attached hydrogens (tertiary/aromatic N) is 1. The third-order valence-corrected chi connectivity index (χ3v) is 3.24. The number of hydrogen-bond donors (Lipinski definition) is 2. The number of benzene rings is 1. The molecule has 0 aliphatic rings. The second-order valence-corrected chi connectivity index (χ2v) is 5.77. The van der Waals surface area contributed by atoms with Gasteiger partial charge in [0.15, 0.2) is 9.84 Å². The maximum atomic E-state index is 11.4. The number of aliphatic hydroxyl groups excluding tert-OH is 1. The Hall–Kier alpha value is -2.33. The molecule has 0 spiro atoms. The van der Waals surface area contributed by atoms with Crippen LogP contribution in [-0.4, -0.2) is 25.7 Å². The van der Waals surface area contributed by atoms with E-state index in [2.05, 4.69) is 5.32 Å². The van der Waals surface area contributed by atoms with Crippen LogP contribution in [0.4, 0.5) is 5.69 Å². The summed E-state index contributed by atoms with van der Waals surface area (Å²) in [5.74, 6) is -0.937.